The van der Waals surface area contributed by atoms with Gasteiger partial charge in [-0.05, 0) is 68.0 Å². The molecule has 0 aromatic heterocycles. The van der Waals surface area contributed by atoms with Gasteiger partial charge in [0.1, 0.15) is 0 Å². The van der Waals surface area contributed by atoms with Gasteiger partial charge in [0.05, 0.1) is 0 Å². The second-order valence-electron chi connectivity index (χ2n) is 7.21. The van der Waals surface area contributed by atoms with Crippen molar-refractivity contribution in [1.82, 2.24) is 4.90 Å². The molecule has 0 saturated carbocycles. The van der Waals surface area contributed by atoms with Gasteiger partial charge in [0.15, 0.2) is 0 Å². The summed E-state index contributed by atoms with van der Waals surface area (Å²) in [6.07, 6.45) is 5.11. The summed E-state index contributed by atoms with van der Waals surface area (Å²) in [6, 6.07) is 20.0. The van der Waals surface area contributed by atoms with Gasteiger partial charge in [-0.1, -0.05) is 42.5 Å². The first kappa shape index (κ1) is 17.0. The Bertz CT molecular complexity index is 604. The smallest absolute Gasteiger partial charge is 0.0361 e. The molecule has 0 amide bonds. The Hall–Kier alpha value is -1.80. The summed E-state index contributed by atoms with van der Waals surface area (Å²) < 4.78 is 0. The fourth-order valence-electron chi connectivity index (χ4n) is 3.73. The van der Waals surface area contributed by atoms with Gasteiger partial charge in [-0.15, -0.1) is 0 Å². The van der Waals surface area contributed by atoms with Crippen LogP contribution in [0.15, 0.2) is 54.6 Å². The van der Waals surface area contributed by atoms with Crippen molar-refractivity contribution in [2.45, 2.75) is 31.6 Å². The van der Waals surface area contributed by atoms with E-state index in [1.165, 1.54) is 62.1 Å². The molecule has 1 unspecified atom stereocenters. The third-order valence-corrected chi connectivity index (χ3v) is 5.17. The lowest BCUT2D eigenvalue weighted by Gasteiger charge is -2.33. The highest BCUT2D eigenvalue weighted by atomic mass is 15.1. The van der Waals surface area contributed by atoms with Gasteiger partial charge in [0.2, 0.25) is 0 Å². The monoisotopic (exact) mass is 322 g/mol. The van der Waals surface area contributed by atoms with Crippen molar-refractivity contribution in [2.24, 2.45) is 0 Å². The van der Waals surface area contributed by atoms with Crippen LogP contribution in [0.4, 0.5) is 5.69 Å². The number of hydrogen-bond acceptors (Lipinski definition) is 2. The Kier molecular flexibility index (Phi) is 5.92. The molecule has 2 aromatic rings. The molecule has 1 heterocycles. The zero-order valence-corrected chi connectivity index (χ0v) is 15.1. The van der Waals surface area contributed by atoms with Crippen molar-refractivity contribution in [3.63, 3.8) is 0 Å². The lowest BCUT2D eigenvalue weighted by atomic mass is 9.90. The molecule has 1 atom stereocenters. The second-order valence-corrected chi connectivity index (χ2v) is 7.21. The van der Waals surface area contributed by atoms with E-state index in [9.17, 15) is 0 Å². The molecular formula is C22H30N2. The minimum absolute atomic E-state index is 0.701. The third kappa shape index (κ3) is 4.61. The number of aryl methyl sites for hydroxylation is 1. The van der Waals surface area contributed by atoms with Gasteiger partial charge in [0.25, 0.3) is 0 Å². The molecule has 24 heavy (non-hydrogen) atoms. The molecule has 2 heteroatoms. The lowest BCUT2D eigenvalue weighted by molar-refractivity contribution is 0.206. The molecule has 2 nitrogen and oxygen atoms in total. The maximum absolute atomic E-state index is 2.66. The number of piperidine rings is 1. The van der Waals surface area contributed by atoms with Gasteiger partial charge in [-0.2, -0.15) is 0 Å². The predicted octanol–water partition coefficient (Wildman–Crippen LogP) is 4.56. The van der Waals surface area contributed by atoms with Crippen molar-refractivity contribution in [1.29, 1.82) is 0 Å². The number of nitrogens with zero attached hydrogens (tertiary/aromatic N) is 2. The van der Waals surface area contributed by atoms with Gasteiger partial charge in [-0.25, -0.2) is 0 Å². The van der Waals surface area contributed by atoms with Gasteiger partial charge in [-0.3, -0.25) is 0 Å². The zero-order valence-electron chi connectivity index (χ0n) is 15.1. The van der Waals surface area contributed by atoms with Crippen LogP contribution in [0.25, 0.3) is 0 Å². The molecule has 0 aliphatic carbocycles. The average molecular weight is 322 g/mol. The quantitative estimate of drug-likeness (QED) is 0.769. The molecule has 1 saturated heterocycles. The summed E-state index contributed by atoms with van der Waals surface area (Å²) in [6.45, 7) is 3.71. The highest BCUT2D eigenvalue weighted by Gasteiger charge is 2.20. The summed E-state index contributed by atoms with van der Waals surface area (Å²) in [5.41, 5.74) is 4.26. The highest BCUT2D eigenvalue weighted by molar-refractivity contribution is 5.46. The second kappa shape index (κ2) is 8.34. The van der Waals surface area contributed by atoms with E-state index in [1.54, 1.807) is 0 Å². The first-order chi connectivity index (χ1) is 11.7. The lowest BCUT2D eigenvalue weighted by Crippen LogP contribution is -2.35. The number of anilines is 1. The Morgan fingerprint density at radius 2 is 1.75 bits per heavy atom. The maximum Gasteiger partial charge on any atom is 0.0361 e. The van der Waals surface area contributed by atoms with Crippen molar-refractivity contribution in [3.05, 3.63) is 65.7 Å². The topological polar surface area (TPSA) is 6.48 Å². The molecule has 128 valence electrons. The molecule has 0 spiro atoms. The van der Waals surface area contributed by atoms with Gasteiger partial charge < -0.3 is 9.80 Å². The standard InChI is InChI=1S/C22H30N2/c1-23(2)22-14-12-20(13-15-22)21-11-7-17-24(18-21)16-6-10-19-8-4-3-5-9-19/h3-5,8-9,12-15,21H,6-7,10-11,16-18H2,1-2H3. The number of likely N-dealkylation sites (tertiary alicyclic amines) is 1. The largest absolute Gasteiger partial charge is 0.378 e. The molecule has 1 aliphatic heterocycles. The minimum atomic E-state index is 0.701. The zero-order chi connectivity index (χ0) is 16.8. The summed E-state index contributed by atoms with van der Waals surface area (Å²) in [5.74, 6) is 0.701. The third-order valence-electron chi connectivity index (χ3n) is 5.17. The summed E-state index contributed by atoms with van der Waals surface area (Å²) in [4.78, 5) is 4.83. The van der Waals surface area contributed by atoms with E-state index in [-0.39, 0.29) is 0 Å². The van der Waals surface area contributed by atoms with Crippen LogP contribution in [0, 0.1) is 0 Å². The van der Waals surface area contributed by atoms with E-state index in [2.05, 4.69) is 78.5 Å². The Morgan fingerprint density at radius 1 is 1.00 bits per heavy atom. The Balaban J connectivity index is 1.50. The molecule has 3 rings (SSSR count). The van der Waals surface area contributed by atoms with Crippen LogP contribution in [-0.2, 0) is 6.42 Å². The molecule has 1 fully saturated rings. The van der Waals surface area contributed by atoms with Crippen molar-refractivity contribution in [2.75, 3.05) is 38.6 Å². The number of benzene rings is 2. The predicted molar refractivity (Wildman–Crippen MR) is 104 cm³/mol. The fraction of sp³-hybridized carbons (Fsp3) is 0.455. The summed E-state index contributed by atoms with van der Waals surface area (Å²) >= 11 is 0. The maximum atomic E-state index is 2.66. The minimum Gasteiger partial charge on any atom is -0.378 e. The number of rotatable bonds is 6. The van der Waals surface area contributed by atoms with Crippen LogP contribution in [0.3, 0.4) is 0 Å². The summed E-state index contributed by atoms with van der Waals surface area (Å²) in [5, 5.41) is 0. The van der Waals surface area contributed by atoms with Crippen molar-refractivity contribution >= 4 is 5.69 Å². The van der Waals surface area contributed by atoms with Crippen LogP contribution < -0.4 is 4.90 Å². The van der Waals surface area contributed by atoms with Gasteiger partial charge in [0, 0.05) is 26.3 Å². The molecule has 1 aliphatic rings. The molecule has 2 aromatic carbocycles. The molecule has 0 radical (unpaired) electrons. The van der Waals surface area contributed by atoms with Crippen molar-refractivity contribution < 1.29 is 0 Å². The Labute approximate surface area is 147 Å². The fourth-order valence-corrected chi connectivity index (χ4v) is 3.73. The van der Waals surface area contributed by atoms with E-state index < -0.39 is 0 Å². The SMILES string of the molecule is CN(C)c1ccc(C2CCCN(CCCc3ccccc3)C2)cc1. The first-order valence-corrected chi connectivity index (χ1v) is 9.26. The van der Waals surface area contributed by atoms with E-state index in [4.69, 9.17) is 0 Å². The number of hydrogen-bond donors (Lipinski definition) is 0. The molecule has 0 N–H and O–H groups in total. The molecular weight excluding hydrogens is 292 g/mol. The Morgan fingerprint density at radius 3 is 2.46 bits per heavy atom. The normalized spacial score (nSPS) is 18.5. The van der Waals surface area contributed by atoms with E-state index in [1.807, 2.05) is 0 Å². The van der Waals surface area contributed by atoms with Crippen LogP contribution in [0.5, 0.6) is 0 Å². The average Bonchev–Trinajstić information content (AvgIpc) is 2.63. The van der Waals surface area contributed by atoms with E-state index >= 15 is 0 Å². The van der Waals surface area contributed by atoms with E-state index in [0.29, 0.717) is 5.92 Å². The van der Waals surface area contributed by atoms with Crippen molar-refractivity contribution in [3.8, 4) is 0 Å². The summed E-state index contributed by atoms with van der Waals surface area (Å²) in [7, 11) is 4.20. The van der Waals surface area contributed by atoms with Crippen LogP contribution in [0.2, 0.25) is 0 Å². The highest BCUT2D eigenvalue weighted by Crippen LogP contribution is 2.28. The molecule has 0 bridgehead atoms. The van der Waals surface area contributed by atoms with Gasteiger partial charge >= 0.3 is 0 Å². The van der Waals surface area contributed by atoms with Crippen LogP contribution >= 0.6 is 0 Å². The van der Waals surface area contributed by atoms with E-state index in [0.717, 1.165) is 0 Å². The first-order valence-electron chi connectivity index (χ1n) is 9.26. The van der Waals surface area contributed by atoms with Crippen LogP contribution in [-0.4, -0.2) is 38.6 Å². The van der Waals surface area contributed by atoms with Crippen LogP contribution in [0.1, 0.15) is 36.3 Å².